The van der Waals surface area contributed by atoms with Crippen LogP contribution in [0.1, 0.15) is 5.56 Å². The molecule has 74 valence electrons. The van der Waals surface area contributed by atoms with Crippen LogP contribution in [0.4, 0.5) is 0 Å². The van der Waals surface area contributed by atoms with Crippen LogP contribution in [0.15, 0.2) is 61.2 Å². The molecular formula is C14H12Se. The topological polar surface area (TPSA) is 0 Å². The average Bonchev–Trinajstić information content (AvgIpc) is 2.31. The Morgan fingerprint density at radius 1 is 0.867 bits per heavy atom. The Morgan fingerprint density at radius 3 is 2.27 bits per heavy atom. The van der Waals surface area contributed by atoms with Gasteiger partial charge in [0.15, 0.2) is 0 Å². The molecule has 2 rings (SSSR count). The van der Waals surface area contributed by atoms with E-state index in [0.717, 1.165) is 0 Å². The average molecular weight is 259 g/mol. The van der Waals surface area contributed by atoms with Crippen LogP contribution in [0.5, 0.6) is 0 Å². The Balaban J connectivity index is 2.28. The maximum atomic E-state index is 3.84. The van der Waals surface area contributed by atoms with E-state index in [2.05, 4.69) is 61.2 Å². The first-order chi connectivity index (χ1) is 7.40. The molecule has 0 fully saturated rings. The molecule has 0 heterocycles. The zero-order chi connectivity index (χ0) is 10.5. The van der Waals surface area contributed by atoms with Gasteiger partial charge in [-0.2, -0.15) is 0 Å². The summed E-state index contributed by atoms with van der Waals surface area (Å²) in [4.78, 5) is 0. The monoisotopic (exact) mass is 260 g/mol. The Labute approximate surface area is 96.8 Å². The third-order valence-electron chi connectivity index (χ3n) is 2.11. The van der Waals surface area contributed by atoms with Gasteiger partial charge in [-0.1, -0.05) is 0 Å². The summed E-state index contributed by atoms with van der Waals surface area (Å²) in [7, 11) is 0. The van der Waals surface area contributed by atoms with Crippen LogP contribution in [-0.4, -0.2) is 15.0 Å². The summed E-state index contributed by atoms with van der Waals surface area (Å²) < 4.78 is 2.80. The maximum absolute atomic E-state index is 3.84. The van der Waals surface area contributed by atoms with E-state index >= 15 is 0 Å². The number of rotatable bonds is 3. The third-order valence-corrected chi connectivity index (χ3v) is 4.42. The van der Waals surface area contributed by atoms with Crippen LogP contribution >= 0.6 is 0 Å². The summed E-state index contributed by atoms with van der Waals surface area (Å²) in [6, 6.07) is 19.0. The zero-order valence-corrected chi connectivity index (χ0v) is 10.1. The molecule has 0 spiro atoms. The van der Waals surface area contributed by atoms with Gasteiger partial charge in [0.1, 0.15) is 0 Å². The van der Waals surface area contributed by atoms with Crippen molar-refractivity contribution in [1.29, 1.82) is 0 Å². The summed E-state index contributed by atoms with van der Waals surface area (Å²) in [5.74, 6) is 0. The van der Waals surface area contributed by atoms with Crippen LogP contribution < -0.4 is 8.92 Å². The first-order valence-corrected chi connectivity index (χ1v) is 6.56. The minimum atomic E-state index is 0.381. The molecule has 0 N–H and O–H groups in total. The predicted molar refractivity (Wildman–Crippen MR) is 68.0 cm³/mol. The van der Waals surface area contributed by atoms with Gasteiger partial charge >= 0.3 is 96.7 Å². The molecule has 0 aliphatic carbocycles. The Bertz CT molecular complexity index is 446. The normalized spacial score (nSPS) is 9.87. The first-order valence-electron chi connectivity index (χ1n) is 4.84. The van der Waals surface area contributed by atoms with E-state index in [1.54, 1.807) is 0 Å². The van der Waals surface area contributed by atoms with Crippen LogP contribution in [-0.2, 0) is 0 Å². The van der Waals surface area contributed by atoms with Gasteiger partial charge in [-0.25, -0.2) is 0 Å². The third kappa shape index (κ3) is 2.59. The second-order valence-corrected chi connectivity index (χ2v) is 5.50. The van der Waals surface area contributed by atoms with Gasteiger partial charge in [0, 0.05) is 0 Å². The van der Waals surface area contributed by atoms with Crippen molar-refractivity contribution in [3.63, 3.8) is 0 Å². The van der Waals surface area contributed by atoms with Crippen LogP contribution in [0.2, 0.25) is 0 Å². The fourth-order valence-electron chi connectivity index (χ4n) is 1.36. The van der Waals surface area contributed by atoms with Crippen molar-refractivity contribution < 1.29 is 0 Å². The van der Waals surface area contributed by atoms with E-state index in [1.807, 2.05) is 6.08 Å². The molecule has 0 bridgehead atoms. The summed E-state index contributed by atoms with van der Waals surface area (Å²) in [6.07, 6.45) is 1.93. The Hall–Kier alpha value is -1.30. The van der Waals surface area contributed by atoms with Crippen LogP contribution in [0.3, 0.4) is 0 Å². The summed E-state index contributed by atoms with van der Waals surface area (Å²) >= 11 is 0.381. The van der Waals surface area contributed by atoms with E-state index in [9.17, 15) is 0 Å². The molecular weight excluding hydrogens is 247 g/mol. The van der Waals surface area contributed by atoms with Gasteiger partial charge in [0.2, 0.25) is 0 Å². The summed E-state index contributed by atoms with van der Waals surface area (Å²) in [5, 5.41) is 0. The SMILES string of the molecule is C=Cc1ccccc1[Se]c1ccccc1. The molecule has 0 amide bonds. The molecule has 0 unspecified atom stereocenters. The number of benzene rings is 2. The molecule has 0 radical (unpaired) electrons. The van der Waals surface area contributed by atoms with Crippen molar-refractivity contribution in [2.45, 2.75) is 0 Å². The summed E-state index contributed by atoms with van der Waals surface area (Å²) in [6.45, 7) is 3.84. The molecule has 0 atom stereocenters. The van der Waals surface area contributed by atoms with Crippen molar-refractivity contribution in [3.8, 4) is 0 Å². The molecule has 1 heteroatoms. The van der Waals surface area contributed by atoms with Crippen LogP contribution in [0, 0.1) is 0 Å². The molecule has 0 aromatic heterocycles. The minimum absolute atomic E-state index is 0.381. The molecule has 0 aliphatic heterocycles. The van der Waals surface area contributed by atoms with Gasteiger partial charge < -0.3 is 0 Å². The Morgan fingerprint density at radius 2 is 1.53 bits per heavy atom. The second kappa shape index (κ2) is 4.97. The van der Waals surface area contributed by atoms with Gasteiger partial charge in [-0.3, -0.25) is 0 Å². The van der Waals surface area contributed by atoms with E-state index < -0.39 is 0 Å². The van der Waals surface area contributed by atoms with Crippen molar-refractivity contribution in [2.24, 2.45) is 0 Å². The predicted octanol–water partition coefficient (Wildman–Crippen LogP) is 1.98. The number of hydrogen-bond donors (Lipinski definition) is 0. The molecule has 2 aromatic rings. The molecule has 0 aliphatic rings. The van der Waals surface area contributed by atoms with E-state index in [4.69, 9.17) is 0 Å². The van der Waals surface area contributed by atoms with Gasteiger partial charge in [0.05, 0.1) is 0 Å². The van der Waals surface area contributed by atoms with Gasteiger partial charge in [-0.05, 0) is 0 Å². The molecule has 0 nitrogen and oxygen atoms in total. The standard InChI is InChI=1S/C14H12Se/c1-2-12-8-6-7-11-14(12)15-13-9-4-3-5-10-13/h2-11H,1H2. The van der Waals surface area contributed by atoms with E-state index in [0.29, 0.717) is 15.0 Å². The fourth-order valence-corrected chi connectivity index (χ4v) is 3.38. The second-order valence-electron chi connectivity index (χ2n) is 3.16. The van der Waals surface area contributed by atoms with E-state index in [1.165, 1.54) is 14.5 Å². The fraction of sp³-hybridized carbons (Fsp3) is 0. The molecule has 2 aromatic carbocycles. The quantitative estimate of drug-likeness (QED) is 0.739. The molecule has 0 saturated carbocycles. The summed E-state index contributed by atoms with van der Waals surface area (Å²) in [5.41, 5.74) is 1.25. The number of hydrogen-bond acceptors (Lipinski definition) is 0. The van der Waals surface area contributed by atoms with Crippen molar-refractivity contribution >= 4 is 30.0 Å². The van der Waals surface area contributed by atoms with Crippen molar-refractivity contribution in [3.05, 3.63) is 66.7 Å². The van der Waals surface area contributed by atoms with Gasteiger partial charge in [0.25, 0.3) is 0 Å². The Kier molecular flexibility index (Phi) is 3.39. The molecule has 0 saturated heterocycles. The zero-order valence-electron chi connectivity index (χ0n) is 8.39. The van der Waals surface area contributed by atoms with Gasteiger partial charge in [-0.15, -0.1) is 0 Å². The van der Waals surface area contributed by atoms with E-state index in [-0.39, 0.29) is 0 Å². The molecule has 15 heavy (non-hydrogen) atoms. The van der Waals surface area contributed by atoms with Crippen LogP contribution in [0.25, 0.3) is 6.08 Å². The first kappa shape index (κ1) is 10.2. The van der Waals surface area contributed by atoms with Crippen molar-refractivity contribution in [2.75, 3.05) is 0 Å². The van der Waals surface area contributed by atoms with Crippen molar-refractivity contribution in [1.82, 2.24) is 0 Å².